The van der Waals surface area contributed by atoms with Crippen LogP contribution in [0.2, 0.25) is 0 Å². The van der Waals surface area contributed by atoms with Crippen LogP contribution in [0.4, 0.5) is 0 Å². The summed E-state index contributed by atoms with van der Waals surface area (Å²) in [5, 5.41) is 22.8. The zero-order valence-electron chi connectivity index (χ0n) is 27.1. The van der Waals surface area contributed by atoms with E-state index in [1.165, 1.54) is 148 Å². The molecule has 0 aromatic heterocycles. The van der Waals surface area contributed by atoms with Crippen LogP contribution in [0, 0.1) is 0 Å². The van der Waals surface area contributed by atoms with Gasteiger partial charge in [-0.2, -0.15) is 0 Å². The lowest BCUT2D eigenvalue weighted by Crippen LogP contribution is -2.45. The molecule has 0 radical (unpaired) electrons. The number of unbranched alkanes of at least 4 members (excludes halogenated alkanes) is 25. The van der Waals surface area contributed by atoms with Crippen LogP contribution >= 0.6 is 0 Å². The minimum absolute atomic E-state index is 0.0685. The third-order valence-electron chi connectivity index (χ3n) is 8.27. The van der Waals surface area contributed by atoms with Crippen LogP contribution in [0.1, 0.15) is 194 Å². The van der Waals surface area contributed by atoms with Gasteiger partial charge < -0.3 is 15.5 Å². The maximum atomic E-state index is 12.2. The first kappa shape index (κ1) is 39.1. The van der Waals surface area contributed by atoms with Crippen molar-refractivity contribution in [2.75, 3.05) is 6.61 Å². The summed E-state index contributed by atoms with van der Waals surface area (Å²) in [6.07, 6.45) is 38.8. The molecule has 0 fully saturated rings. The molecule has 2 atom stereocenters. The van der Waals surface area contributed by atoms with Crippen LogP contribution in [0.5, 0.6) is 0 Å². The van der Waals surface area contributed by atoms with Gasteiger partial charge in [-0.05, 0) is 19.3 Å². The Morgan fingerprint density at radius 1 is 0.575 bits per heavy atom. The number of hydrogen-bond donors (Lipinski definition) is 3. The van der Waals surface area contributed by atoms with Crippen LogP contribution < -0.4 is 5.32 Å². The van der Waals surface area contributed by atoms with Gasteiger partial charge in [0.1, 0.15) is 0 Å². The first-order valence-corrected chi connectivity index (χ1v) is 17.9. The van der Waals surface area contributed by atoms with Gasteiger partial charge in [-0.15, -0.1) is 0 Å². The highest BCUT2D eigenvalue weighted by Gasteiger charge is 2.17. The van der Waals surface area contributed by atoms with Gasteiger partial charge in [0, 0.05) is 6.42 Å². The highest BCUT2D eigenvalue weighted by Crippen LogP contribution is 2.15. The van der Waals surface area contributed by atoms with Gasteiger partial charge in [0.25, 0.3) is 0 Å². The van der Waals surface area contributed by atoms with Crippen molar-refractivity contribution in [3.05, 3.63) is 12.2 Å². The normalized spacial score (nSPS) is 13.2. The molecule has 0 aliphatic carbocycles. The fourth-order valence-corrected chi connectivity index (χ4v) is 5.47. The molecule has 0 spiro atoms. The predicted octanol–water partition coefficient (Wildman–Crippen LogP) is 10.3. The van der Waals surface area contributed by atoms with E-state index >= 15 is 0 Å². The second-order valence-corrected chi connectivity index (χ2v) is 12.3. The molecule has 0 rings (SSSR count). The summed E-state index contributed by atoms with van der Waals surface area (Å²) >= 11 is 0. The molecular formula is C36H71NO3. The van der Waals surface area contributed by atoms with Crippen molar-refractivity contribution in [3.8, 4) is 0 Å². The second kappa shape index (κ2) is 32.6. The standard InChI is InChI=1S/C36H71NO3/c1-3-5-7-9-11-13-14-15-16-17-18-19-20-21-22-23-24-25-27-29-31-35(39)34(33-38)37-36(40)32-30-28-26-12-10-8-6-4-2/h29,31,34-35,38-39H,3-28,30,32-33H2,1-2H3,(H,37,40)/b31-29+. The molecule has 40 heavy (non-hydrogen) atoms. The predicted molar refractivity (Wildman–Crippen MR) is 175 cm³/mol. The number of carbonyl (C=O) groups excluding carboxylic acids is 1. The monoisotopic (exact) mass is 566 g/mol. The molecule has 1 amide bonds. The van der Waals surface area contributed by atoms with Crippen molar-refractivity contribution in [1.82, 2.24) is 5.32 Å². The Kier molecular flexibility index (Phi) is 31.9. The van der Waals surface area contributed by atoms with Crippen molar-refractivity contribution in [1.29, 1.82) is 0 Å². The highest BCUT2D eigenvalue weighted by atomic mass is 16.3. The Morgan fingerprint density at radius 3 is 1.30 bits per heavy atom. The molecule has 0 aliphatic rings. The molecule has 0 aromatic carbocycles. The third-order valence-corrected chi connectivity index (χ3v) is 8.27. The van der Waals surface area contributed by atoms with E-state index in [1.807, 2.05) is 6.08 Å². The first-order chi connectivity index (χ1) is 19.7. The topological polar surface area (TPSA) is 69.6 Å². The van der Waals surface area contributed by atoms with E-state index in [0.717, 1.165) is 25.7 Å². The number of aliphatic hydroxyl groups excluding tert-OH is 2. The van der Waals surface area contributed by atoms with E-state index in [0.29, 0.717) is 6.42 Å². The van der Waals surface area contributed by atoms with Gasteiger partial charge in [-0.3, -0.25) is 4.79 Å². The van der Waals surface area contributed by atoms with E-state index < -0.39 is 12.1 Å². The van der Waals surface area contributed by atoms with Crippen LogP contribution in [0.15, 0.2) is 12.2 Å². The summed E-state index contributed by atoms with van der Waals surface area (Å²) in [5.41, 5.74) is 0. The molecule has 238 valence electrons. The van der Waals surface area contributed by atoms with E-state index in [4.69, 9.17) is 0 Å². The zero-order valence-corrected chi connectivity index (χ0v) is 27.1. The van der Waals surface area contributed by atoms with Gasteiger partial charge in [0.15, 0.2) is 0 Å². The summed E-state index contributed by atoms with van der Waals surface area (Å²) in [4.78, 5) is 12.2. The van der Waals surface area contributed by atoms with Gasteiger partial charge in [0.05, 0.1) is 18.8 Å². The smallest absolute Gasteiger partial charge is 0.220 e. The molecule has 3 N–H and O–H groups in total. The van der Waals surface area contributed by atoms with E-state index in [9.17, 15) is 15.0 Å². The lowest BCUT2D eigenvalue weighted by Gasteiger charge is -2.20. The van der Waals surface area contributed by atoms with Crippen LogP contribution in [0.3, 0.4) is 0 Å². The molecule has 2 unspecified atom stereocenters. The average molecular weight is 566 g/mol. The number of allylic oxidation sites excluding steroid dienone is 1. The SMILES string of the molecule is CCCCCCCCCCCCCCCCCCCC/C=C/C(O)C(CO)NC(=O)CCCCCCCCCC. The summed E-state index contributed by atoms with van der Waals surface area (Å²) in [6, 6.07) is -0.613. The summed E-state index contributed by atoms with van der Waals surface area (Å²) in [7, 11) is 0. The van der Waals surface area contributed by atoms with Gasteiger partial charge in [-0.1, -0.05) is 180 Å². The van der Waals surface area contributed by atoms with Gasteiger partial charge >= 0.3 is 0 Å². The Bertz CT molecular complexity index is 536. The van der Waals surface area contributed by atoms with Crippen LogP contribution in [0.25, 0.3) is 0 Å². The van der Waals surface area contributed by atoms with Crippen molar-refractivity contribution in [2.24, 2.45) is 0 Å². The number of aliphatic hydroxyl groups is 2. The van der Waals surface area contributed by atoms with Gasteiger partial charge in [0.2, 0.25) is 5.91 Å². The van der Waals surface area contributed by atoms with Crippen molar-refractivity contribution in [3.63, 3.8) is 0 Å². The van der Waals surface area contributed by atoms with Gasteiger partial charge in [-0.25, -0.2) is 0 Å². The quantitative estimate of drug-likeness (QED) is 0.0561. The minimum Gasteiger partial charge on any atom is -0.394 e. The molecule has 0 saturated carbocycles. The molecule has 4 heteroatoms. The number of rotatable bonds is 32. The maximum Gasteiger partial charge on any atom is 0.220 e. The average Bonchev–Trinajstić information content (AvgIpc) is 2.96. The van der Waals surface area contributed by atoms with Crippen molar-refractivity contribution >= 4 is 5.91 Å². The van der Waals surface area contributed by atoms with E-state index in [1.54, 1.807) is 6.08 Å². The Morgan fingerprint density at radius 2 is 0.925 bits per heavy atom. The third kappa shape index (κ3) is 28.7. The minimum atomic E-state index is -0.830. The zero-order chi connectivity index (χ0) is 29.4. The number of carbonyl (C=O) groups is 1. The lowest BCUT2D eigenvalue weighted by atomic mass is 10.0. The van der Waals surface area contributed by atoms with Crippen molar-refractivity contribution in [2.45, 2.75) is 206 Å². The summed E-state index contributed by atoms with van der Waals surface area (Å²) in [5.74, 6) is -0.0685. The maximum absolute atomic E-state index is 12.2. The fourth-order valence-electron chi connectivity index (χ4n) is 5.47. The van der Waals surface area contributed by atoms with E-state index in [-0.39, 0.29) is 12.5 Å². The largest absolute Gasteiger partial charge is 0.394 e. The first-order valence-electron chi connectivity index (χ1n) is 17.9. The van der Waals surface area contributed by atoms with E-state index in [2.05, 4.69) is 19.2 Å². The Hall–Kier alpha value is -0.870. The molecular weight excluding hydrogens is 494 g/mol. The number of nitrogens with one attached hydrogen (secondary N) is 1. The second-order valence-electron chi connectivity index (χ2n) is 12.3. The van der Waals surface area contributed by atoms with Crippen molar-refractivity contribution < 1.29 is 15.0 Å². The molecule has 0 bridgehead atoms. The van der Waals surface area contributed by atoms with Crippen LogP contribution in [-0.2, 0) is 4.79 Å². The highest BCUT2D eigenvalue weighted by molar-refractivity contribution is 5.76. The van der Waals surface area contributed by atoms with Crippen LogP contribution in [-0.4, -0.2) is 34.9 Å². The molecule has 0 aliphatic heterocycles. The summed E-state index contributed by atoms with van der Waals surface area (Å²) in [6.45, 7) is 4.27. The lowest BCUT2D eigenvalue weighted by molar-refractivity contribution is -0.123. The number of amides is 1. The molecule has 4 nitrogen and oxygen atoms in total. The molecule has 0 saturated heterocycles. The fraction of sp³-hybridized carbons (Fsp3) is 0.917. The number of hydrogen-bond acceptors (Lipinski definition) is 3. The Balaban J connectivity index is 3.54. The summed E-state index contributed by atoms with van der Waals surface area (Å²) < 4.78 is 0. The molecule has 0 heterocycles. The molecule has 0 aromatic rings. The Labute approximate surface area is 250 Å².